The molecule has 0 aliphatic carbocycles. The van der Waals surface area contributed by atoms with E-state index in [-0.39, 0.29) is 23.1 Å². The Morgan fingerprint density at radius 1 is 1.07 bits per heavy atom. The minimum absolute atomic E-state index is 0.196. The number of aromatic nitrogens is 2. The van der Waals surface area contributed by atoms with Gasteiger partial charge < -0.3 is 14.9 Å². The largest absolute Gasteiger partial charge is 0.427 e. The maximum Gasteiger partial charge on any atom is 0.331 e. The predicted octanol–water partition coefficient (Wildman–Crippen LogP) is 2.41. The lowest BCUT2D eigenvalue weighted by Gasteiger charge is -2.37. The van der Waals surface area contributed by atoms with Crippen LogP contribution in [0, 0.1) is 11.6 Å². The molecule has 27 heavy (non-hydrogen) atoms. The molecule has 0 atom stereocenters. The Labute approximate surface area is 159 Å². The van der Waals surface area contributed by atoms with Gasteiger partial charge >= 0.3 is 7.48 Å². The van der Waals surface area contributed by atoms with Crippen LogP contribution < -0.4 is 5.46 Å². The van der Waals surface area contributed by atoms with Crippen molar-refractivity contribution in [1.29, 1.82) is 0 Å². The molecular formula is C19H26BF2N2O3. The van der Waals surface area contributed by atoms with Gasteiger partial charge in [-0.2, -0.15) is 5.10 Å². The molecule has 0 saturated carbocycles. The topological polar surface area (TPSA) is 67.5 Å². The highest BCUT2D eigenvalue weighted by Gasteiger charge is 2.35. The van der Waals surface area contributed by atoms with E-state index in [0.29, 0.717) is 0 Å². The normalized spacial score (nSPS) is 13.1. The van der Waals surface area contributed by atoms with E-state index in [1.165, 1.54) is 24.6 Å². The summed E-state index contributed by atoms with van der Waals surface area (Å²) in [5.74, 6) is -1.51. The Kier molecular flexibility index (Phi) is 5.85. The summed E-state index contributed by atoms with van der Waals surface area (Å²) in [5.41, 5.74) is -2.81. The van der Waals surface area contributed by atoms with Crippen LogP contribution in [0.15, 0.2) is 24.5 Å². The van der Waals surface area contributed by atoms with Gasteiger partial charge in [0.2, 0.25) is 0 Å². The minimum atomic E-state index is -1.14. The van der Waals surface area contributed by atoms with Gasteiger partial charge in [-0.25, -0.2) is 8.78 Å². The van der Waals surface area contributed by atoms with E-state index in [0.717, 1.165) is 12.1 Å². The van der Waals surface area contributed by atoms with E-state index in [9.17, 15) is 19.0 Å². The highest BCUT2D eigenvalue weighted by molar-refractivity contribution is 6.47. The second kappa shape index (κ2) is 7.33. The average molecular weight is 379 g/mol. The van der Waals surface area contributed by atoms with Crippen molar-refractivity contribution in [2.45, 2.75) is 64.9 Å². The monoisotopic (exact) mass is 379 g/mol. The van der Waals surface area contributed by atoms with Crippen LogP contribution in [-0.4, -0.2) is 44.3 Å². The van der Waals surface area contributed by atoms with E-state index in [1.807, 2.05) is 0 Å². The zero-order valence-corrected chi connectivity index (χ0v) is 16.5. The molecule has 1 radical (unpaired) electrons. The highest BCUT2D eigenvalue weighted by atomic mass is 19.1. The van der Waals surface area contributed by atoms with E-state index in [2.05, 4.69) is 5.10 Å². The van der Waals surface area contributed by atoms with Gasteiger partial charge in [-0.1, -0.05) is 0 Å². The molecule has 5 nitrogen and oxygen atoms in total. The molecule has 0 aliphatic rings. The van der Waals surface area contributed by atoms with Crippen molar-refractivity contribution >= 4 is 12.9 Å². The lowest BCUT2D eigenvalue weighted by atomic mass is 9.82. The Hall–Kier alpha value is -1.77. The Morgan fingerprint density at radius 3 is 2.11 bits per heavy atom. The zero-order chi connectivity index (χ0) is 20.6. The lowest BCUT2D eigenvalue weighted by molar-refractivity contribution is -0.0893. The smallest absolute Gasteiger partial charge is 0.331 e. The van der Waals surface area contributed by atoms with Crippen LogP contribution in [-0.2, 0) is 11.2 Å². The summed E-state index contributed by atoms with van der Waals surface area (Å²) in [7, 11) is 1.23. The fourth-order valence-corrected chi connectivity index (χ4v) is 2.27. The third kappa shape index (κ3) is 5.37. The van der Waals surface area contributed by atoms with Gasteiger partial charge in [0.1, 0.15) is 11.6 Å². The average Bonchev–Trinajstić information content (AvgIpc) is 2.89. The van der Waals surface area contributed by atoms with Gasteiger partial charge in [0, 0.05) is 11.8 Å². The van der Waals surface area contributed by atoms with Crippen LogP contribution in [0.2, 0.25) is 0 Å². The van der Waals surface area contributed by atoms with Crippen molar-refractivity contribution in [2.75, 3.05) is 0 Å². The van der Waals surface area contributed by atoms with E-state index in [1.54, 1.807) is 41.5 Å². The van der Waals surface area contributed by atoms with Crippen LogP contribution in [0.1, 0.15) is 41.5 Å². The van der Waals surface area contributed by atoms with Crippen LogP contribution >= 0.6 is 0 Å². The molecule has 0 unspecified atom stereocenters. The first-order valence-corrected chi connectivity index (χ1v) is 8.67. The molecule has 1 aromatic carbocycles. The van der Waals surface area contributed by atoms with Gasteiger partial charge in [0.15, 0.2) is 0 Å². The van der Waals surface area contributed by atoms with Crippen molar-refractivity contribution in [3.8, 4) is 11.1 Å². The van der Waals surface area contributed by atoms with Crippen molar-refractivity contribution in [3.05, 3.63) is 36.2 Å². The molecule has 0 saturated heterocycles. The molecule has 0 fully saturated rings. The van der Waals surface area contributed by atoms with Gasteiger partial charge in [-0.05, 0) is 59.1 Å². The van der Waals surface area contributed by atoms with Crippen LogP contribution in [0.3, 0.4) is 0 Å². The summed E-state index contributed by atoms with van der Waals surface area (Å²) in [4.78, 5) is 0. The molecule has 8 heteroatoms. The Balaban J connectivity index is 2.23. The fraction of sp³-hybridized carbons (Fsp3) is 0.526. The first-order chi connectivity index (χ1) is 12.2. The molecule has 2 rings (SSSR count). The first kappa shape index (κ1) is 21.5. The molecule has 147 valence electrons. The summed E-state index contributed by atoms with van der Waals surface area (Å²) in [6.45, 7) is 9.99. The van der Waals surface area contributed by atoms with Gasteiger partial charge in [-0.15, -0.1) is 0 Å². The van der Waals surface area contributed by atoms with Crippen LogP contribution in [0.5, 0.6) is 0 Å². The summed E-state index contributed by atoms with van der Waals surface area (Å²) in [6.07, 6.45) is 2.83. The molecule has 0 aliphatic heterocycles. The lowest BCUT2D eigenvalue weighted by Crippen LogP contribution is -2.49. The van der Waals surface area contributed by atoms with E-state index in [4.69, 9.17) is 4.65 Å². The summed E-state index contributed by atoms with van der Waals surface area (Å²) < 4.78 is 36.1. The Morgan fingerprint density at radius 2 is 1.63 bits per heavy atom. The molecular weight excluding hydrogens is 353 g/mol. The van der Waals surface area contributed by atoms with Gasteiger partial charge in [0.05, 0.1) is 35.1 Å². The molecule has 1 aromatic heterocycles. The SMILES string of the molecule is CC(C)(O)Cn1cc(-c2c(F)cc([B]OC(C)(C)C(C)(C)O)cc2F)cn1. The van der Waals surface area contributed by atoms with Gasteiger partial charge in [0.25, 0.3) is 0 Å². The summed E-state index contributed by atoms with van der Waals surface area (Å²) >= 11 is 0. The predicted molar refractivity (Wildman–Crippen MR) is 101 cm³/mol. The summed E-state index contributed by atoms with van der Waals surface area (Å²) in [6, 6.07) is 2.32. The summed E-state index contributed by atoms with van der Waals surface area (Å²) in [5, 5.41) is 24.0. The first-order valence-electron chi connectivity index (χ1n) is 8.67. The van der Waals surface area contributed by atoms with E-state index >= 15 is 0 Å². The number of halogens is 2. The number of hydrogen-bond donors (Lipinski definition) is 2. The van der Waals surface area contributed by atoms with Crippen molar-refractivity contribution in [2.24, 2.45) is 0 Å². The van der Waals surface area contributed by atoms with Crippen molar-refractivity contribution < 1.29 is 23.6 Å². The van der Waals surface area contributed by atoms with Crippen molar-refractivity contribution in [1.82, 2.24) is 9.78 Å². The Bertz CT molecular complexity index is 785. The third-order valence-electron chi connectivity index (χ3n) is 4.50. The quantitative estimate of drug-likeness (QED) is 0.726. The molecule has 0 spiro atoms. The van der Waals surface area contributed by atoms with E-state index < -0.39 is 28.4 Å². The minimum Gasteiger partial charge on any atom is -0.427 e. The molecule has 2 N–H and O–H groups in total. The number of aliphatic hydroxyl groups is 2. The van der Waals surface area contributed by atoms with Gasteiger partial charge in [-0.3, -0.25) is 4.68 Å². The van der Waals surface area contributed by atoms with Crippen LogP contribution in [0.25, 0.3) is 11.1 Å². The number of rotatable bonds is 7. The third-order valence-corrected chi connectivity index (χ3v) is 4.50. The number of nitrogens with zero attached hydrogens (tertiary/aromatic N) is 2. The zero-order valence-electron chi connectivity index (χ0n) is 16.5. The standard InChI is InChI=1S/C19H26BF2N2O3/c1-17(2,25)11-24-10-12(9-23-24)16-14(21)7-13(8-15(16)22)20-27-19(5,6)18(3,4)26/h7-10,25-26H,11H2,1-6H3. The molecule has 0 bridgehead atoms. The number of hydrogen-bond acceptors (Lipinski definition) is 4. The second-order valence-corrected chi connectivity index (χ2v) is 8.40. The maximum absolute atomic E-state index is 14.5. The fourth-order valence-electron chi connectivity index (χ4n) is 2.27. The number of benzene rings is 1. The highest BCUT2D eigenvalue weighted by Crippen LogP contribution is 2.26. The molecule has 2 aromatic rings. The molecule has 0 amide bonds. The molecule has 1 heterocycles. The van der Waals surface area contributed by atoms with Crippen LogP contribution in [0.4, 0.5) is 8.78 Å². The maximum atomic E-state index is 14.5. The van der Waals surface area contributed by atoms with Crippen molar-refractivity contribution in [3.63, 3.8) is 0 Å². The second-order valence-electron chi connectivity index (χ2n) is 8.40.